The van der Waals surface area contributed by atoms with Crippen LogP contribution in [-0.2, 0) is 25.0 Å². The Bertz CT molecular complexity index is 809. The summed E-state index contributed by atoms with van der Waals surface area (Å²) in [6.45, 7) is 4.08. The summed E-state index contributed by atoms with van der Waals surface area (Å²) < 4.78 is 27.1. The summed E-state index contributed by atoms with van der Waals surface area (Å²) in [6.07, 6.45) is 0.871. The first-order chi connectivity index (χ1) is 11.1. The van der Waals surface area contributed by atoms with Gasteiger partial charge in [-0.1, -0.05) is 0 Å². The molecule has 8 heteroatoms. The van der Waals surface area contributed by atoms with E-state index in [1.165, 1.54) is 10.4 Å². The molecule has 0 bridgehead atoms. The van der Waals surface area contributed by atoms with Crippen molar-refractivity contribution in [3.8, 4) is 0 Å². The Balaban J connectivity index is 1.89. The standard InChI is InChI=1S/C16H21N3O4S/c1-16(2)12-9-11(3-4-13(12)18-15(16)21)24(22,23)19-7-5-10(6-8-19)14(17)20/h3-4,9-10H,5-8H2,1-2H3,(H2,17,20)(H,18,21). The molecule has 2 aliphatic heterocycles. The fourth-order valence-electron chi connectivity index (χ4n) is 3.24. The molecule has 24 heavy (non-hydrogen) atoms. The monoisotopic (exact) mass is 351 g/mol. The molecular formula is C16H21N3O4S. The van der Waals surface area contributed by atoms with Crippen LogP contribution in [-0.4, -0.2) is 37.6 Å². The molecule has 0 spiro atoms. The number of sulfonamides is 1. The van der Waals surface area contributed by atoms with E-state index in [0.717, 1.165) is 0 Å². The van der Waals surface area contributed by atoms with Crippen LogP contribution in [0.4, 0.5) is 5.69 Å². The number of fused-ring (bicyclic) bond motifs is 1. The molecule has 0 aromatic heterocycles. The third kappa shape index (κ3) is 2.59. The fourth-order valence-corrected chi connectivity index (χ4v) is 4.74. The van der Waals surface area contributed by atoms with Gasteiger partial charge < -0.3 is 11.1 Å². The molecule has 130 valence electrons. The van der Waals surface area contributed by atoms with Crippen molar-refractivity contribution < 1.29 is 18.0 Å². The number of primary amides is 1. The molecule has 0 radical (unpaired) electrons. The highest BCUT2D eigenvalue weighted by Crippen LogP contribution is 2.39. The van der Waals surface area contributed by atoms with Gasteiger partial charge >= 0.3 is 0 Å². The number of carbonyl (C=O) groups is 2. The summed E-state index contributed by atoms with van der Waals surface area (Å²) in [4.78, 5) is 23.4. The third-order valence-electron chi connectivity index (χ3n) is 4.97. The van der Waals surface area contributed by atoms with Crippen LogP contribution < -0.4 is 11.1 Å². The van der Waals surface area contributed by atoms with Gasteiger partial charge in [-0.25, -0.2) is 8.42 Å². The van der Waals surface area contributed by atoms with Crippen LogP contribution in [0.5, 0.6) is 0 Å². The van der Waals surface area contributed by atoms with E-state index >= 15 is 0 Å². The quantitative estimate of drug-likeness (QED) is 0.839. The number of nitrogens with one attached hydrogen (secondary N) is 1. The van der Waals surface area contributed by atoms with E-state index in [2.05, 4.69) is 5.32 Å². The highest BCUT2D eigenvalue weighted by molar-refractivity contribution is 7.89. The predicted molar refractivity (Wildman–Crippen MR) is 88.8 cm³/mol. The first-order valence-electron chi connectivity index (χ1n) is 7.89. The topological polar surface area (TPSA) is 110 Å². The van der Waals surface area contributed by atoms with Gasteiger partial charge in [-0.15, -0.1) is 0 Å². The minimum absolute atomic E-state index is 0.144. The third-order valence-corrected chi connectivity index (χ3v) is 6.87. The number of nitrogens with two attached hydrogens (primary N) is 1. The number of hydrogen-bond acceptors (Lipinski definition) is 4. The Morgan fingerprint density at radius 1 is 1.29 bits per heavy atom. The normalized spacial score (nSPS) is 21.3. The zero-order valence-corrected chi connectivity index (χ0v) is 14.5. The molecule has 0 unspecified atom stereocenters. The molecule has 1 aromatic carbocycles. The van der Waals surface area contributed by atoms with E-state index in [1.54, 1.807) is 26.0 Å². The molecular weight excluding hydrogens is 330 g/mol. The molecule has 1 fully saturated rings. The number of carbonyl (C=O) groups excluding carboxylic acids is 2. The molecule has 2 aliphatic rings. The van der Waals surface area contributed by atoms with Crippen LogP contribution in [0.2, 0.25) is 0 Å². The van der Waals surface area contributed by atoms with Crippen LogP contribution in [0.25, 0.3) is 0 Å². The van der Waals surface area contributed by atoms with E-state index in [1.807, 2.05) is 0 Å². The van der Waals surface area contributed by atoms with Gasteiger partial charge in [-0.3, -0.25) is 9.59 Å². The van der Waals surface area contributed by atoms with Crippen LogP contribution in [0.15, 0.2) is 23.1 Å². The number of benzene rings is 1. The number of hydrogen-bond donors (Lipinski definition) is 2. The minimum Gasteiger partial charge on any atom is -0.369 e. The van der Waals surface area contributed by atoms with E-state index in [0.29, 0.717) is 24.1 Å². The van der Waals surface area contributed by atoms with Crippen molar-refractivity contribution in [3.63, 3.8) is 0 Å². The fraction of sp³-hybridized carbons (Fsp3) is 0.500. The van der Waals surface area contributed by atoms with Crippen molar-refractivity contribution in [2.75, 3.05) is 18.4 Å². The van der Waals surface area contributed by atoms with Crippen LogP contribution in [0.3, 0.4) is 0 Å². The smallest absolute Gasteiger partial charge is 0.243 e. The van der Waals surface area contributed by atoms with Gasteiger partial charge in [0.1, 0.15) is 0 Å². The Morgan fingerprint density at radius 2 is 1.92 bits per heavy atom. The second kappa shape index (κ2) is 5.56. The summed E-state index contributed by atoms with van der Waals surface area (Å²) >= 11 is 0. The van der Waals surface area contributed by atoms with Crippen molar-refractivity contribution in [3.05, 3.63) is 23.8 Å². The van der Waals surface area contributed by atoms with Crippen LogP contribution in [0, 0.1) is 5.92 Å². The summed E-state index contributed by atoms with van der Waals surface area (Å²) in [5.41, 5.74) is 5.86. The molecule has 0 atom stereocenters. The van der Waals surface area contributed by atoms with Gasteiger partial charge in [0.15, 0.2) is 0 Å². The number of anilines is 1. The number of nitrogens with zero attached hydrogens (tertiary/aromatic N) is 1. The van der Waals surface area contributed by atoms with Crippen LogP contribution >= 0.6 is 0 Å². The van der Waals surface area contributed by atoms with Crippen molar-refractivity contribution in [2.24, 2.45) is 11.7 Å². The van der Waals surface area contributed by atoms with E-state index in [-0.39, 0.29) is 35.7 Å². The molecule has 2 amide bonds. The average molecular weight is 351 g/mol. The lowest BCUT2D eigenvalue weighted by Crippen LogP contribution is -2.41. The number of piperidine rings is 1. The molecule has 1 aromatic rings. The maximum atomic E-state index is 12.9. The molecule has 0 saturated carbocycles. The van der Waals surface area contributed by atoms with Gasteiger partial charge in [0.25, 0.3) is 0 Å². The molecule has 3 rings (SSSR count). The van der Waals surface area contributed by atoms with Crippen molar-refractivity contribution >= 4 is 27.5 Å². The first kappa shape index (κ1) is 16.9. The van der Waals surface area contributed by atoms with Crippen molar-refractivity contribution in [1.29, 1.82) is 0 Å². The summed E-state index contributed by atoms with van der Waals surface area (Å²) in [6, 6.07) is 4.71. The minimum atomic E-state index is -3.66. The summed E-state index contributed by atoms with van der Waals surface area (Å²) in [7, 11) is -3.66. The summed E-state index contributed by atoms with van der Waals surface area (Å²) in [5, 5.41) is 2.77. The Labute approximate surface area is 141 Å². The Kier molecular flexibility index (Phi) is 3.92. The first-order valence-corrected chi connectivity index (χ1v) is 9.33. The van der Waals surface area contributed by atoms with Crippen molar-refractivity contribution in [2.45, 2.75) is 37.0 Å². The predicted octanol–water partition coefficient (Wildman–Crippen LogP) is 0.802. The Morgan fingerprint density at radius 3 is 2.50 bits per heavy atom. The lowest BCUT2D eigenvalue weighted by Gasteiger charge is -2.30. The molecule has 7 nitrogen and oxygen atoms in total. The number of rotatable bonds is 3. The van der Waals surface area contributed by atoms with Gasteiger partial charge in [0.05, 0.1) is 10.3 Å². The lowest BCUT2D eigenvalue weighted by molar-refractivity contribution is -0.123. The van der Waals surface area contributed by atoms with E-state index < -0.39 is 15.4 Å². The highest BCUT2D eigenvalue weighted by Gasteiger charge is 2.40. The van der Waals surface area contributed by atoms with Gasteiger partial charge in [0.2, 0.25) is 21.8 Å². The lowest BCUT2D eigenvalue weighted by atomic mass is 9.86. The van der Waals surface area contributed by atoms with E-state index in [9.17, 15) is 18.0 Å². The van der Waals surface area contributed by atoms with Crippen molar-refractivity contribution in [1.82, 2.24) is 4.31 Å². The zero-order valence-electron chi connectivity index (χ0n) is 13.7. The zero-order chi connectivity index (χ0) is 17.7. The van der Waals surface area contributed by atoms with Gasteiger partial charge in [0, 0.05) is 24.7 Å². The van der Waals surface area contributed by atoms with Gasteiger partial charge in [-0.2, -0.15) is 4.31 Å². The maximum absolute atomic E-state index is 12.9. The molecule has 1 saturated heterocycles. The largest absolute Gasteiger partial charge is 0.369 e. The van der Waals surface area contributed by atoms with E-state index in [4.69, 9.17) is 5.73 Å². The second-order valence-electron chi connectivity index (χ2n) is 6.87. The van der Waals surface area contributed by atoms with Crippen LogP contribution in [0.1, 0.15) is 32.3 Å². The SMILES string of the molecule is CC1(C)C(=O)Nc2ccc(S(=O)(=O)N3CCC(C(N)=O)CC3)cc21. The number of amides is 2. The molecule has 3 N–H and O–H groups in total. The highest BCUT2D eigenvalue weighted by atomic mass is 32.2. The Hall–Kier alpha value is -1.93. The molecule has 2 heterocycles. The maximum Gasteiger partial charge on any atom is 0.243 e. The second-order valence-corrected chi connectivity index (χ2v) is 8.81. The average Bonchev–Trinajstić information content (AvgIpc) is 2.77. The summed E-state index contributed by atoms with van der Waals surface area (Å²) in [5.74, 6) is -0.789. The van der Waals surface area contributed by atoms with Gasteiger partial charge in [-0.05, 0) is 50.5 Å². The molecule has 0 aliphatic carbocycles.